The zero-order chi connectivity index (χ0) is 16.8. The molecule has 5 nitrogen and oxygen atoms in total. The van der Waals surface area contributed by atoms with Gasteiger partial charge in [0.25, 0.3) is 5.91 Å². The minimum absolute atomic E-state index is 0.415. The van der Waals surface area contributed by atoms with E-state index in [4.69, 9.17) is 4.74 Å². The summed E-state index contributed by atoms with van der Waals surface area (Å²) in [6, 6.07) is 15.4. The molecule has 2 atom stereocenters. The summed E-state index contributed by atoms with van der Waals surface area (Å²) in [5.41, 5.74) is 1.00. The molecule has 0 saturated carbocycles. The molecule has 0 spiro atoms. The molecule has 120 valence electrons. The quantitative estimate of drug-likeness (QED) is 0.785. The summed E-state index contributed by atoms with van der Waals surface area (Å²) >= 11 is 3.30. The topological polar surface area (TPSA) is 75.6 Å². The molecule has 0 bridgehead atoms. The number of esters is 1. The second kappa shape index (κ2) is 7.89. The molecule has 23 heavy (non-hydrogen) atoms. The number of anilines is 1. The number of ether oxygens (including phenoxy) is 1. The average Bonchev–Trinajstić information content (AvgIpc) is 2.56. The Morgan fingerprint density at radius 3 is 2.30 bits per heavy atom. The van der Waals surface area contributed by atoms with E-state index in [2.05, 4.69) is 21.2 Å². The Kier molecular flexibility index (Phi) is 5.90. The molecule has 0 radical (unpaired) electrons. The van der Waals surface area contributed by atoms with Crippen molar-refractivity contribution in [1.82, 2.24) is 0 Å². The fraction of sp³-hybridized carbons (Fsp3) is 0.176. The molecule has 0 heterocycles. The molecule has 1 amide bonds. The normalized spacial score (nSPS) is 13.0. The lowest BCUT2D eigenvalue weighted by molar-refractivity contribution is -0.162. The first-order chi connectivity index (χ1) is 11.0. The molecular weight excluding hydrogens is 362 g/mol. The van der Waals surface area contributed by atoms with E-state index >= 15 is 0 Å². The van der Waals surface area contributed by atoms with Crippen molar-refractivity contribution >= 4 is 33.5 Å². The van der Waals surface area contributed by atoms with Gasteiger partial charge in [-0.3, -0.25) is 4.79 Å². The van der Waals surface area contributed by atoms with Gasteiger partial charge in [0.15, 0.2) is 12.2 Å². The molecule has 0 saturated heterocycles. The fourth-order valence-electron chi connectivity index (χ4n) is 1.84. The first-order valence-electron chi connectivity index (χ1n) is 6.97. The highest BCUT2D eigenvalue weighted by Crippen LogP contribution is 2.16. The summed E-state index contributed by atoms with van der Waals surface area (Å²) in [5, 5.41) is 12.6. The zero-order valence-corrected chi connectivity index (χ0v) is 14.0. The third-order valence-corrected chi connectivity index (χ3v) is 3.64. The fourth-order valence-corrected chi connectivity index (χ4v) is 2.11. The van der Waals surface area contributed by atoms with Gasteiger partial charge in [0.05, 0.1) is 0 Å². The molecule has 0 fully saturated rings. The molecule has 0 aromatic heterocycles. The molecule has 0 unspecified atom stereocenters. The van der Waals surface area contributed by atoms with Gasteiger partial charge in [0.2, 0.25) is 0 Å². The number of benzene rings is 2. The molecule has 0 aliphatic rings. The lowest BCUT2D eigenvalue weighted by Gasteiger charge is -2.16. The van der Waals surface area contributed by atoms with Crippen LogP contribution in [0.1, 0.15) is 18.6 Å². The number of amides is 1. The van der Waals surface area contributed by atoms with Crippen molar-refractivity contribution in [3.05, 3.63) is 64.6 Å². The van der Waals surface area contributed by atoms with Gasteiger partial charge in [-0.15, -0.1) is 0 Å². The van der Waals surface area contributed by atoms with Crippen LogP contribution in [0.25, 0.3) is 0 Å². The maximum absolute atomic E-state index is 12.0. The number of nitrogens with one attached hydrogen (secondary N) is 1. The maximum atomic E-state index is 12.0. The Hall–Kier alpha value is -2.18. The van der Waals surface area contributed by atoms with Crippen LogP contribution in [0.2, 0.25) is 0 Å². The van der Waals surface area contributed by atoms with Crippen molar-refractivity contribution in [2.45, 2.75) is 19.1 Å². The van der Waals surface area contributed by atoms with Crippen LogP contribution in [0.5, 0.6) is 0 Å². The van der Waals surface area contributed by atoms with Gasteiger partial charge in [0, 0.05) is 10.2 Å². The number of hydrogen-bond donors (Lipinski definition) is 2. The van der Waals surface area contributed by atoms with Crippen LogP contribution in [-0.2, 0) is 14.3 Å². The van der Waals surface area contributed by atoms with E-state index in [1.807, 2.05) is 0 Å². The van der Waals surface area contributed by atoms with Crippen LogP contribution in [0.4, 0.5) is 5.69 Å². The van der Waals surface area contributed by atoms with E-state index in [0.717, 1.165) is 4.47 Å². The smallest absolute Gasteiger partial charge is 0.340 e. The highest BCUT2D eigenvalue weighted by atomic mass is 79.9. The number of hydrogen-bond acceptors (Lipinski definition) is 4. The number of halogens is 1. The van der Waals surface area contributed by atoms with Crippen molar-refractivity contribution in [3.63, 3.8) is 0 Å². The van der Waals surface area contributed by atoms with Gasteiger partial charge in [-0.2, -0.15) is 0 Å². The minimum Gasteiger partial charge on any atom is -0.450 e. The Labute approximate surface area is 142 Å². The van der Waals surface area contributed by atoms with E-state index in [1.54, 1.807) is 54.6 Å². The molecule has 2 N–H and O–H groups in total. The van der Waals surface area contributed by atoms with E-state index in [1.165, 1.54) is 6.92 Å². The predicted octanol–water partition coefficient (Wildman–Crippen LogP) is 3.05. The molecule has 2 aromatic rings. The first-order valence-corrected chi connectivity index (χ1v) is 7.76. The molecular formula is C17H16BrNO4. The van der Waals surface area contributed by atoms with Crippen molar-refractivity contribution < 1.29 is 19.4 Å². The van der Waals surface area contributed by atoms with Gasteiger partial charge >= 0.3 is 5.97 Å². The SMILES string of the molecule is C[C@@H](OC(=O)[C@H](O)c1ccccc1)C(=O)Nc1ccc(Br)cc1. The summed E-state index contributed by atoms with van der Waals surface area (Å²) < 4.78 is 5.90. The molecule has 2 rings (SSSR count). The second-order valence-electron chi connectivity index (χ2n) is 4.89. The third-order valence-electron chi connectivity index (χ3n) is 3.11. The van der Waals surface area contributed by atoms with Crippen molar-refractivity contribution in [2.75, 3.05) is 5.32 Å². The Bertz CT molecular complexity index is 673. The summed E-state index contributed by atoms with van der Waals surface area (Å²) in [4.78, 5) is 23.9. The average molecular weight is 378 g/mol. The van der Waals surface area contributed by atoms with Crippen molar-refractivity contribution in [3.8, 4) is 0 Å². The van der Waals surface area contributed by atoms with Gasteiger partial charge in [-0.05, 0) is 36.8 Å². The van der Waals surface area contributed by atoms with E-state index in [-0.39, 0.29) is 0 Å². The predicted molar refractivity (Wildman–Crippen MR) is 89.7 cm³/mol. The molecule has 0 aliphatic carbocycles. The Morgan fingerprint density at radius 2 is 1.70 bits per heavy atom. The highest BCUT2D eigenvalue weighted by molar-refractivity contribution is 9.10. The molecule has 0 aliphatic heterocycles. The number of carbonyl (C=O) groups excluding carboxylic acids is 2. The van der Waals surface area contributed by atoms with E-state index < -0.39 is 24.1 Å². The Morgan fingerprint density at radius 1 is 1.09 bits per heavy atom. The van der Waals surface area contributed by atoms with Gasteiger partial charge in [-0.25, -0.2) is 4.79 Å². The van der Waals surface area contributed by atoms with E-state index in [9.17, 15) is 14.7 Å². The largest absolute Gasteiger partial charge is 0.450 e. The number of aliphatic hydroxyl groups is 1. The molecule has 2 aromatic carbocycles. The lowest BCUT2D eigenvalue weighted by Crippen LogP contribution is -2.31. The maximum Gasteiger partial charge on any atom is 0.340 e. The van der Waals surface area contributed by atoms with Crippen LogP contribution in [0.3, 0.4) is 0 Å². The summed E-state index contributed by atoms with van der Waals surface area (Å²) in [7, 11) is 0. The van der Waals surface area contributed by atoms with Gasteiger partial charge in [-0.1, -0.05) is 46.3 Å². The highest BCUT2D eigenvalue weighted by Gasteiger charge is 2.24. The first kappa shape index (κ1) is 17.2. The van der Waals surface area contributed by atoms with Gasteiger partial charge in [0.1, 0.15) is 0 Å². The van der Waals surface area contributed by atoms with Crippen LogP contribution in [0, 0.1) is 0 Å². The standard InChI is InChI=1S/C17H16BrNO4/c1-11(16(21)19-14-9-7-13(18)8-10-14)23-17(22)15(20)12-5-3-2-4-6-12/h2-11,15,20H,1H3,(H,19,21)/t11-,15-/m1/s1. The third kappa shape index (κ3) is 4.91. The minimum atomic E-state index is -1.42. The van der Waals surface area contributed by atoms with Crippen molar-refractivity contribution in [1.29, 1.82) is 0 Å². The summed E-state index contributed by atoms with van der Waals surface area (Å²) in [6.07, 6.45) is -2.44. The number of rotatable bonds is 5. The summed E-state index contributed by atoms with van der Waals surface area (Å²) in [5.74, 6) is -1.34. The van der Waals surface area contributed by atoms with Crippen LogP contribution >= 0.6 is 15.9 Å². The van der Waals surface area contributed by atoms with Crippen LogP contribution in [0.15, 0.2) is 59.1 Å². The number of aliphatic hydroxyl groups excluding tert-OH is 1. The lowest BCUT2D eigenvalue weighted by atomic mass is 10.1. The van der Waals surface area contributed by atoms with Crippen LogP contribution < -0.4 is 5.32 Å². The van der Waals surface area contributed by atoms with Gasteiger partial charge < -0.3 is 15.2 Å². The number of carbonyl (C=O) groups is 2. The Balaban J connectivity index is 1.92. The monoisotopic (exact) mass is 377 g/mol. The van der Waals surface area contributed by atoms with E-state index in [0.29, 0.717) is 11.3 Å². The summed E-state index contributed by atoms with van der Waals surface area (Å²) in [6.45, 7) is 1.45. The van der Waals surface area contributed by atoms with Crippen molar-refractivity contribution in [2.24, 2.45) is 0 Å². The van der Waals surface area contributed by atoms with Crippen LogP contribution in [-0.4, -0.2) is 23.1 Å². The zero-order valence-electron chi connectivity index (χ0n) is 12.4. The second-order valence-corrected chi connectivity index (χ2v) is 5.80. The molecule has 6 heteroatoms.